The molecule has 8 nitrogen and oxygen atoms in total. The highest BCUT2D eigenvalue weighted by molar-refractivity contribution is 7.89. The number of aromatic nitrogens is 2. The first kappa shape index (κ1) is 17.4. The zero-order chi connectivity index (χ0) is 18.5. The predicted octanol–water partition coefficient (Wildman–Crippen LogP) is 0.731. The summed E-state index contributed by atoms with van der Waals surface area (Å²) in [7, 11) is -3.37. The fraction of sp³-hybridized carbons (Fsp3) is 0.529. The van der Waals surface area contributed by atoms with Gasteiger partial charge in [-0.25, -0.2) is 17.7 Å². The normalized spacial score (nSPS) is 27.2. The van der Waals surface area contributed by atoms with E-state index >= 15 is 0 Å². The number of aromatic amines is 1. The molecule has 2 aliphatic rings. The maximum absolute atomic E-state index is 12.2. The molecular weight excluding hydrogens is 356 g/mol. The molecule has 3 heterocycles. The first-order valence-electron chi connectivity index (χ1n) is 8.71. The smallest absolute Gasteiger partial charge is 0.312 e. The van der Waals surface area contributed by atoms with Crippen molar-refractivity contribution in [2.45, 2.75) is 13.5 Å². The largest absolute Gasteiger partial charge is 0.481 e. The minimum atomic E-state index is -3.37. The number of H-pyrrole nitrogens is 1. The Morgan fingerprint density at radius 2 is 2.12 bits per heavy atom. The van der Waals surface area contributed by atoms with Crippen LogP contribution < -0.4 is 0 Å². The first-order valence-corrected chi connectivity index (χ1v) is 10.3. The summed E-state index contributed by atoms with van der Waals surface area (Å²) in [6, 6.07) is 7.75. The number of nitrogens with one attached hydrogen (secondary N) is 1. The van der Waals surface area contributed by atoms with Crippen LogP contribution in [0.5, 0.6) is 0 Å². The lowest BCUT2D eigenvalue weighted by Gasteiger charge is -2.24. The van der Waals surface area contributed by atoms with Crippen molar-refractivity contribution >= 4 is 27.0 Å². The molecule has 0 radical (unpaired) electrons. The van der Waals surface area contributed by atoms with Crippen LogP contribution in [0.15, 0.2) is 24.3 Å². The second-order valence-corrected chi connectivity index (χ2v) is 9.48. The number of carbonyl (C=O) groups is 1. The van der Waals surface area contributed by atoms with Crippen LogP contribution in [0.3, 0.4) is 0 Å². The van der Waals surface area contributed by atoms with E-state index in [9.17, 15) is 18.3 Å². The molecule has 0 bridgehead atoms. The van der Waals surface area contributed by atoms with E-state index in [4.69, 9.17) is 0 Å². The Bertz CT molecular complexity index is 924. The molecule has 2 aliphatic heterocycles. The van der Waals surface area contributed by atoms with E-state index in [-0.39, 0.29) is 24.8 Å². The molecule has 2 saturated heterocycles. The van der Waals surface area contributed by atoms with Gasteiger partial charge in [-0.15, -0.1) is 0 Å². The van der Waals surface area contributed by atoms with Crippen molar-refractivity contribution in [3.63, 3.8) is 0 Å². The lowest BCUT2D eigenvalue weighted by Crippen LogP contribution is -2.42. The molecule has 1 aromatic heterocycles. The number of hydrogen-bond donors (Lipinski definition) is 2. The maximum atomic E-state index is 12.2. The number of fused-ring (bicyclic) bond motifs is 2. The van der Waals surface area contributed by atoms with Crippen LogP contribution in [0, 0.1) is 11.3 Å². The monoisotopic (exact) mass is 378 g/mol. The third kappa shape index (κ3) is 2.70. The third-order valence-electron chi connectivity index (χ3n) is 5.64. The SMILES string of the molecule is CCS(=O)(=O)N1C[C@H]2CN(Cc3nc4ccccc4[nH]3)C[C@@]2(C(=O)O)C1. The van der Waals surface area contributed by atoms with Crippen molar-refractivity contribution in [2.24, 2.45) is 11.3 Å². The molecule has 0 spiro atoms. The van der Waals surface area contributed by atoms with E-state index in [1.54, 1.807) is 6.92 Å². The van der Waals surface area contributed by atoms with Crippen molar-refractivity contribution in [3.05, 3.63) is 30.1 Å². The highest BCUT2D eigenvalue weighted by Crippen LogP contribution is 2.44. The standard InChI is InChI=1S/C17H22N4O4S/c1-2-26(24,25)21-8-12-7-20(10-17(12,11-21)16(22)23)9-15-18-13-5-3-4-6-14(13)19-15/h3-6,12H,2,7-11H2,1H3,(H,18,19)(H,22,23)/t12-,17-/m1/s1. The van der Waals surface area contributed by atoms with Crippen LogP contribution in [-0.4, -0.2) is 70.6 Å². The summed E-state index contributed by atoms with van der Waals surface area (Å²) in [5.41, 5.74) is 0.805. The summed E-state index contributed by atoms with van der Waals surface area (Å²) in [6.45, 7) is 3.34. The Morgan fingerprint density at radius 3 is 2.77 bits per heavy atom. The molecule has 0 unspecified atom stereocenters. The molecule has 0 aliphatic carbocycles. The molecule has 2 atom stereocenters. The number of aliphatic carboxylic acids is 1. The van der Waals surface area contributed by atoms with Gasteiger partial charge in [0.25, 0.3) is 0 Å². The van der Waals surface area contributed by atoms with Gasteiger partial charge in [-0.3, -0.25) is 9.69 Å². The average molecular weight is 378 g/mol. The van der Waals surface area contributed by atoms with Crippen molar-refractivity contribution in [1.82, 2.24) is 19.2 Å². The molecule has 9 heteroatoms. The van der Waals surface area contributed by atoms with Gasteiger partial charge >= 0.3 is 5.97 Å². The maximum Gasteiger partial charge on any atom is 0.312 e. The number of rotatable bonds is 5. The minimum Gasteiger partial charge on any atom is -0.481 e. The third-order valence-corrected chi connectivity index (χ3v) is 7.44. The molecule has 0 saturated carbocycles. The van der Waals surface area contributed by atoms with E-state index < -0.39 is 21.4 Å². The van der Waals surface area contributed by atoms with Crippen molar-refractivity contribution < 1.29 is 18.3 Å². The Kier molecular flexibility index (Phi) is 4.05. The summed E-state index contributed by atoms with van der Waals surface area (Å²) in [5.74, 6) is -0.322. The van der Waals surface area contributed by atoms with Gasteiger partial charge in [-0.05, 0) is 19.1 Å². The number of carboxylic acid groups (broad SMARTS) is 1. The van der Waals surface area contributed by atoms with E-state index in [2.05, 4.69) is 14.9 Å². The Morgan fingerprint density at radius 1 is 1.35 bits per heavy atom. The Balaban J connectivity index is 1.54. The fourth-order valence-corrected chi connectivity index (χ4v) is 5.43. The van der Waals surface area contributed by atoms with Crippen LogP contribution in [0.4, 0.5) is 0 Å². The van der Waals surface area contributed by atoms with Crippen LogP contribution in [0.2, 0.25) is 0 Å². The van der Waals surface area contributed by atoms with E-state index in [0.717, 1.165) is 16.9 Å². The van der Waals surface area contributed by atoms with Gasteiger partial charge in [0, 0.05) is 32.1 Å². The van der Waals surface area contributed by atoms with Gasteiger partial charge < -0.3 is 10.1 Å². The van der Waals surface area contributed by atoms with Crippen LogP contribution >= 0.6 is 0 Å². The Hall–Kier alpha value is -1.97. The first-order chi connectivity index (χ1) is 12.3. The summed E-state index contributed by atoms with van der Waals surface area (Å²) < 4.78 is 25.7. The van der Waals surface area contributed by atoms with Gasteiger partial charge in [-0.1, -0.05) is 12.1 Å². The lowest BCUT2D eigenvalue weighted by atomic mass is 9.81. The summed E-state index contributed by atoms with van der Waals surface area (Å²) in [4.78, 5) is 21.9. The second kappa shape index (κ2) is 6.04. The molecule has 2 aromatic rings. The van der Waals surface area contributed by atoms with Gasteiger partial charge in [-0.2, -0.15) is 0 Å². The van der Waals surface area contributed by atoms with Gasteiger partial charge in [0.1, 0.15) is 5.82 Å². The van der Waals surface area contributed by atoms with Crippen LogP contribution in [0.25, 0.3) is 11.0 Å². The lowest BCUT2D eigenvalue weighted by molar-refractivity contribution is -0.148. The molecule has 140 valence electrons. The van der Waals surface area contributed by atoms with Crippen molar-refractivity contribution in [1.29, 1.82) is 0 Å². The number of hydrogen-bond acceptors (Lipinski definition) is 5. The zero-order valence-electron chi connectivity index (χ0n) is 14.6. The van der Waals surface area contributed by atoms with E-state index in [1.807, 2.05) is 24.3 Å². The number of likely N-dealkylation sites (tertiary alicyclic amines) is 1. The highest BCUT2D eigenvalue weighted by Gasteiger charge is 2.59. The van der Waals surface area contributed by atoms with Crippen LogP contribution in [-0.2, 0) is 21.4 Å². The minimum absolute atomic E-state index is 0.00187. The topological polar surface area (TPSA) is 107 Å². The molecule has 2 N–H and O–H groups in total. The van der Waals surface area contributed by atoms with Crippen molar-refractivity contribution in [3.8, 4) is 0 Å². The van der Waals surface area contributed by atoms with E-state index in [0.29, 0.717) is 19.6 Å². The summed E-state index contributed by atoms with van der Waals surface area (Å²) in [5, 5.41) is 9.86. The predicted molar refractivity (Wildman–Crippen MR) is 96.0 cm³/mol. The van der Waals surface area contributed by atoms with Gasteiger partial charge in [0.05, 0.1) is 28.7 Å². The van der Waals surface area contributed by atoms with E-state index in [1.165, 1.54) is 4.31 Å². The van der Waals surface area contributed by atoms with Gasteiger partial charge in [0.2, 0.25) is 10.0 Å². The number of sulfonamides is 1. The quantitative estimate of drug-likeness (QED) is 0.794. The van der Waals surface area contributed by atoms with Gasteiger partial charge in [0.15, 0.2) is 0 Å². The second-order valence-electron chi connectivity index (χ2n) is 7.22. The number of para-hydroxylation sites is 2. The number of imidazole rings is 1. The summed E-state index contributed by atoms with van der Waals surface area (Å²) in [6.07, 6.45) is 0. The molecule has 1 aromatic carbocycles. The number of nitrogens with zero attached hydrogens (tertiary/aromatic N) is 3. The average Bonchev–Trinajstić information content (AvgIpc) is 3.24. The number of carboxylic acids is 1. The Labute approximate surface area is 151 Å². The summed E-state index contributed by atoms with van der Waals surface area (Å²) >= 11 is 0. The zero-order valence-corrected chi connectivity index (χ0v) is 15.4. The molecule has 4 rings (SSSR count). The molecular formula is C17H22N4O4S. The molecule has 0 amide bonds. The molecule has 26 heavy (non-hydrogen) atoms. The fourth-order valence-electron chi connectivity index (χ4n) is 4.23. The number of benzene rings is 1. The van der Waals surface area contributed by atoms with Crippen molar-refractivity contribution in [2.75, 3.05) is 31.9 Å². The molecule has 2 fully saturated rings. The highest BCUT2D eigenvalue weighted by atomic mass is 32.2. The van der Waals surface area contributed by atoms with Crippen LogP contribution in [0.1, 0.15) is 12.7 Å².